The second kappa shape index (κ2) is 20.7. The van der Waals surface area contributed by atoms with E-state index in [9.17, 15) is 0 Å². The molecular formula is C75H76N4O. The molecule has 11 aromatic rings. The van der Waals surface area contributed by atoms with E-state index in [2.05, 4.69) is 316 Å². The molecule has 0 aliphatic heterocycles. The number of nitrogens with zero attached hydrogens (tertiary/aromatic N) is 4. The minimum atomic E-state index is -0.301. The highest BCUT2D eigenvalue weighted by atomic mass is 16.5. The van der Waals surface area contributed by atoms with Crippen LogP contribution >= 0.6 is 0 Å². The van der Waals surface area contributed by atoms with Gasteiger partial charge in [0.15, 0.2) is 0 Å². The summed E-state index contributed by atoms with van der Waals surface area (Å²) in [6.07, 6.45) is 8.28. The van der Waals surface area contributed by atoms with E-state index in [1.807, 2.05) is 6.20 Å². The Hall–Kier alpha value is -8.28. The van der Waals surface area contributed by atoms with Crippen LogP contribution in [0.5, 0.6) is 11.5 Å². The Kier molecular flexibility index (Phi) is 13.9. The van der Waals surface area contributed by atoms with Crippen LogP contribution in [0.25, 0.3) is 50.3 Å². The summed E-state index contributed by atoms with van der Waals surface area (Å²) >= 11 is 0. The number of imidazole rings is 1. The van der Waals surface area contributed by atoms with Crippen LogP contribution < -0.4 is 9.30 Å². The summed E-state index contributed by atoms with van der Waals surface area (Å²) in [4.78, 5) is 5.05. The number of pyridine rings is 1. The molecule has 0 amide bonds. The molecule has 0 spiro atoms. The molecule has 80 heavy (non-hydrogen) atoms. The second-order valence-corrected chi connectivity index (χ2v) is 25.2. The van der Waals surface area contributed by atoms with Crippen LogP contribution in [0.15, 0.2) is 213 Å². The van der Waals surface area contributed by atoms with Crippen LogP contribution in [0.1, 0.15) is 152 Å². The van der Waals surface area contributed by atoms with E-state index in [0.717, 1.165) is 61.8 Å². The first-order valence-corrected chi connectivity index (χ1v) is 28.6. The first-order valence-electron chi connectivity index (χ1n) is 28.6. The molecule has 0 aliphatic rings. The van der Waals surface area contributed by atoms with Crippen LogP contribution in [0.2, 0.25) is 0 Å². The van der Waals surface area contributed by atoms with Crippen molar-refractivity contribution in [3.05, 3.63) is 269 Å². The number of rotatable bonds is 14. The topological polar surface area (TPSA) is 35.9 Å². The van der Waals surface area contributed by atoms with E-state index in [0.29, 0.717) is 0 Å². The van der Waals surface area contributed by atoms with Crippen molar-refractivity contribution < 1.29 is 9.30 Å². The summed E-state index contributed by atoms with van der Waals surface area (Å²) in [6.45, 7) is 30.0. The van der Waals surface area contributed by atoms with E-state index >= 15 is 0 Å². The summed E-state index contributed by atoms with van der Waals surface area (Å²) in [5, 5.41) is 2.30. The molecule has 5 nitrogen and oxygen atoms in total. The zero-order chi connectivity index (χ0) is 56.3. The van der Waals surface area contributed by atoms with Crippen LogP contribution in [0.3, 0.4) is 0 Å². The molecule has 0 bridgehead atoms. The average molecular weight is 1050 g/mol. The quantitative estimate of drug-likeness (QED) is 0.0804. The number of hydrogen-bond acceptors (Lipinski definition) is 2. The maximum Gasteiger partial charge on any atom is 0.269 e. The Labute approximate surface area is 475 Å². The van der Waals surface area contributed by atoms with Gasteiger partial charge in [-0.2, -0.15) is 0 Å². The van der Waals surface area contributed by atoms with Gasteiger partial charge in [-0.25, -0.2) is 4.98 Å². The molecule has 3 heterocycles. The SMILES string of the molecule is CC(C)c1cccc(C(C)C)c1-c1c[n+](-c2cc(C(C)(C)c3ccccc3)cc(C(C)(C)c3ccccc3)c2)[c-]n1-c1cc(Oc2ccc3c4ccccc4n(-c4cc(C(C)(C)c5ccccc5)ccn4)c3c2)cc(C(C)(C)C)c1. The lowest BCUT2D eigenvalue weighted by atomic mass is 9.73. The highest BCUT2D eigenvalue weighted by Crippen LogP contribution is 2.43. The molecule has 0 radical (unpaired) electrons. The normalized spacial score (nSPS) is 12.5. The van der Waals surface area contributed by atoms with Crippen molar-refractivity contribution in [2.45, 2.75) is 124 Å². The van der Waals surface area contributed by atoms with Gasteiger partial charge in [-0.1, -0.05) is 223 Å². The van der Waals surface area contributed by atoms with Gasteiger partial charge >= 0.3 is 0 Å². The third-order valence-electron chi connectivity index (χ3n) is 17.0. The first-order chi connectivity index (χ1) is 38.2. The maximum absolute atomic E-state index is 7.19. The number of benzene rings is 8. The van der Waals surface area contributed by atoms with Gasteiger partial charge in [-0.15, -0.1) is 0 Å². The third kappa shape index (κ3) is 9.97. The van der Waals surface area contributed by atoms with Crippen molar-refractivity contribution in [3.8, 4) is 39.9 Å². The van der Waals surface area contributed by atoms with Crippen LogP contribution in [-0.2, 0) is 21.7 Å². The predicted molar refractivity (Wildman–Crippen MR) is 333 cm³/mol. The number of hydrogen-bond donors (Lipinski definition) is 0. The Morgan fingerprint density at radius 2 is 0.988 bits per heavy atom. The lowest BCUT2D eigenvalue weighted by molar-refractivity contribution is -0.599. The first kappa shape index (κ1) is 53.7. The van der Waals surface area contributed by atoms with Gasteiger partial charge in [0.2, 0.25) is 0 Å². The molecular weight excluding hydrogens is 973 g/mol. The van der Waals surface area contributed by atoms with Crippen molar-refractivity contribution in [2.75, 3.05) is 0 Å². The van der Waals surface area contributed by atoms with Crippen molar-refractivity contribution in [1.82, 2.24) is 14.1 Å². The number of ether oxygens (including phenoxy) is 1. The molecule has 0 unspecified atom stereocenters. The van der Waals surface area contributed by atoms with Gasteiger partial charge in [0.1, 0.15) is 17.3 Å². The van der Waals surface area contributed by atoms with E-state index in [1.54, 1.807) is 0 Å². The van der Waals surface area contributed by atoms with Crippen LogP contribution in [-0.4, -0.2) is 14.1 Å². The summed E-state index contributed by atoms with van der Waals surface area (Å²) in [5.41, 5.74) is 16.6. The number of para-hydroxylation sites is 1. The van der Waals surface area contributed by atoms with Crippen molar-refractivity contribution >= 4 is 21.8 Å². The van der Waals surface area contributed by atoms with Gasteiger partial charge < -0.3 is 4.74 Å². The largest absolute Gasteiger partial charge is 0.458 e. The Bertz CT molecular complexity index is 3940. The molecule has 0 saturated heterocycles. The highest BCUT2D eigenvalue weighted by molar-refractivity contribution is 6.09. The van der Waals surface area contributed by atoms with Gasteiger partial charge in [0, 0.05) is 45.5 Å². The van der Waals surface area contributed by atoms with Gasteiger partial charge in [0.05, 0.1) is 28.1 Å². The summed E-state index contributed by atoms with van der Waals surface area (Å²) in [7, 11) is 0. The Morgan fingerprint density at radius 3 is 1.55 bits per heavy atom. The fraction of sp³-hybridized carbons (Fsp3) is 0.253. The Morgan fingerprint density at radius 1 is 0.450 bits per heavy atom. The Balaban J connectivity index is 1.10. The number of aromatic nitrogens is 4. The van der Waals surface area contributed by atoms with E-state index in [1.165, 1.54) is 50.1 Å². The molecule has 0 saturated carbocycles. The van der Waals surface area contributed by atoms with Crippen LogP contribution in [0, 0.1) is 6.33 Å². The van der Waals surface area contributed by atoms with E-state index in [-0.39, 0.29) is 33.5 Å². The molecule has 0 aliphatic carbocycles. The van der Waals surface area contributed by atoms with E-state index in [4.69, 9.17) is 9.72 Å². The zero-order valence-corrected chi connectivity index (χ0v) is 49.1. The fourth-order valence-corrected chi connectivity index (χ4v) is 11.8. The molecule has 8 aromatic carbocycles. The third-order valence-corrected chi connectivity index (χ3v) is 17.0. The predicted octanol–water partition coefficient (Wildman–Crippen LogP) is 19.0. The lowest BCUT2D eigenvalue weighted by Gasteiger charge is -2.32. The van der Waals surface area contributed by atoms with Gasteiger partial charge in [0.25, 0.3) is 6.33 Å². The smallest absolute Gasteiger partial charge is 0.269 e. The average Bonchev–Trinajstić information content (AvgIpc) is 4.06. The second-order valence-electron chi connectivity index (χ2n) is 25.2. The molecule has 11 rings (SSSR count). The molecule has 3 aromatic heterocycles. The van der Waals surface area contributed by atoms with E-state index < -0.39 is 0 Å². The van der Waals surface area contributed by atoms with Crippen molar-refractivity contribution in [3.63, 3.8) is 0 Å². The minimum absolute atomic E-state index is 0.216. The molecule has 5 heteroatoms. The lowest BCUT2D eigenvalue weighted by Crippen LogP contribution is -2.31. The van der Waals surface area contributed by atoms with Crippen molar-refractivity contribution in [2.24, 2.45) is 0 Å². The summed E-state index contributed by atoms with van der Waals surface area (Å²) in [6, 6.07) is 72.8. The number of fused-ring (bicyclic) bond motifs is 3. The molecule has 0 fully saturated rings. The molecule has 0 atom stereocenters. The van der Waals surface area contributed by atoms with Crippen LogP contribution in [0.4, 0.5) is 0 Å². The van der Waals surface area contributed by atoms with Gasteiger partial charge in [-0.05, 0) is 134 Å². The highest BCUT2D eigenvalue weighted by Gasteiger charge is 2.31. The van der Waals surface area contributed by atoms with Crippen molar-refractivity contribution in [1.29, 1.82) is 0 Å². The monoisotopic (exact) mass is 1050 g/mol. The summed E-state index contributed by atoms with van der Waals surface area (Å²) in [5.74, 6) is 2.89. The summed E-state index contributed by atoms with van der Waals surface area (Å²) < 4.78 is 14.0. The van der Waals surface area contributed by atoms with Gasteiger partial charge in [-0.3, -0.25) is 13.7 Å². The molecule has 402 valence electrons. The minimum Gasteiger partial charge on any atom is -0.458 e. The molecule has 0 N–H and O–H groups in total. The fourth-order valence-electron chi connectivity index (χ4n) is 11.8. The zero-order valence-electron chi connectivity index (χ0n) is 49.1. The standard InChI is InChI=1S/C75H76N4O/c1-50(2)63-33-25-34-64(51(3)4)71(63)69-48-77(59-42-57(74(10,11)53-28-19-15-20-29-53)40-58(43-59)75(12,13)54-30-21-16-22-31-54)49-78(69)60-41-56(72(5,6)7)44-62(46-60)80-61-36-37-66-65-32-23-24-35-67(65)79(68(66)47-61)70-45-55(38-39-76-70)73(8,9)52-26-17-14-18-27-52/h14-48,50-51H,1-13H3. The maximum atomic E-state index is 7.19.